The molecule has 0 unspecified atom stereocenters. The molecule has 0 bridgehead atoms. The first-order valence-electron chi connectivity index (χ1n) is 10.0. The van der Waals surface area contributed by atoms with Crippen molar-refractivity contribution in [3.63, 3.8) is 0 Å². The minimum Gasteiger partial charge on any atom is -0.340 e. The standard InChI is InChI=1S/C20H30FN3O3S/c1-16(2)15-22-11-13-23(14-12-22)20(25)17-7-9-24(10-8-17)28(26,27)19-5-3-18(21)4-6-19/h3-6,16-17H,7-15H2,1-2H3. The monoisotopic (exact) mass is 411 g/mol. The molecule has 2 heterocycles. The molecule has 0 radical (unpaired) electrons. The number of piperazine rings is 1. The van der Waals surface area contributed by atoms with E-state index in [0.717, 1.165) is 44.9 Å². The van der Waals surface area contributed by atoms with Gasteiger partial charge < -0.3 is 4.90 Å². The van der Waals surface area contributed by atoms with E-state index in [4.69, 9.17) is 0 Å². The molecule has 1 amide bonds. The number of sulfonamides is 1. The van der Waals surface area contributed by atoms with Crippen LogP contribution in [0.2, 0.25) is 0 Å². The van der Waals surface area contributed by atoms with Gasteiger partial charge in [0, 0.05) is 51.7 Å². The lowest BCUT2D eigenvalue weighted by molar-refractivity contribution is -0.138. The Balaban J connectivity index is 1.52. The van der Waals surface area contributed by atoms with Crippen LogP contribution in [-0.2, 0) is 14.8 Å². The summed E-state index contributed by atoms with van der Waals surface area (Å²) >= 11 is 0. The van der Waals surface area contributed by atoms with Gasteiger partial charge in [-0.2, -0.15) is 4.31 Å². The Bertz CT molecular complexity index is 766. The summed E-state index contributed by atoms with van der Waals surface area (Å²) in [5.41, 5.74) is 0. The number of hydrogen-bond acceptors (Lipinski definition) is 4. The van der Waals surface area contributed by atoms with E-state index in [9.17, 15) is 17.6 Å². The van der Waals surface area contributed by atoms with Crippen molar-refractivity contribution in [1.82, 2.24) is 14.1 Å². The van der Waals surface area contributed by atoms with Crippen molar-refractivity contribution in [2.75, 3.05) is 45.8 Å². The number of piperidine rings is 1. The predicted molar refractivity (Wildman–Crippen MR) is 106 cm³/mol. The zero-order valence-corrected chi connectivity index (χ0v) is 17.5. The van der Waals surface area contributed by atoms with Gasteiger partial charge in [0.05, 0.1) is 4.90 Å². The molecule has 0 saturated carbocycles. The largest absolute Gasteiger partial charge is 0.340 e. The summed E-state index contributed by atoms with van der Waals surface area (Å²) in [5, 5.41) is 0. The molecule has 156 valence electrons. The first kappa shape index (κ1) is 21.2. The Kier molecular flexibility index (Phi) is 6.73. The molecule has 0 atom stereocenters. The van der Waals surface area contributed by atoms with Crippen LogP contribution in [0, 0.1) is 17.7 Å². The molecule has 2 fully saturated rings. The second-order valence-corrected chi connectivity index (χ2v) is 10.1. The quantitative estimate of drug-likeness (QED) is 0.744. The van der Waals surface area contributed by atoms with Crippen molar-refractivity contribution in [3.05, 3.63) is 30.1 Å². The highest BCUT2D eigenvalue weighted by Gasteiger charge is 2.34. The normalized spacial score (nSPS) is 20.6. The first-order chi connectivity index (χ1) is 13.3. The van der Waals surface area contributed by atoms with Crippen LogP contribution >= 0.6 is 0 Å². The zero-order valence-electron chi connectivity index (χ0n) is 16.7. The van der Waals surface area contributed by atoms with Gasteiger partial charge in [-0.15, -0.1) is 0 Å². The average Bonchev–Trinajstić information content (AvgIpc) is 2.68. The summed E-state index contributed by atoms with van der Waals surface area (Å²) in [7, 11) is -3.64. The zero-order chi connectivity index (χ0) is 20.3. The van der Waals surface area contributed by atoms with Crippen LogP contribution in [0.5, 0.6) is 0 Å². The van der Waals surface area contributed by atoms with E-state index < -0.39 is 15.8 Å². The molecular formula is C20H30FN3O3S. The molecule has 3 rings (SSSR count). The molecule has 0 spiro atoms. The van der Waals surface area contributed by atoms with Crippen LogP contribution in [0.4, 0.5) is 4.39 Å². The number of halogens is 1. The van der Waals surface area contributed by atoms with E-state index in [0.29, 0.717) is 31.8 Å². The molecule has 2 aliphatic heterocycles. The van der Waals surface area contributed by atoms with Crippen LogP contribution in [0.25, 0.3) is 0 Å². The van der Waals surface area contributed by atoms with Gasteiger partial charge in [0.1, 0.15) is 5.82 Å². The SMILES string of the molecule is CC(C)CN1CCN(C(=O)C2CCN(S(=O)(=O)c3ccc(F)cc3)CC2)CC1. The van der Waals surface area contributed by atoms with Gasteiger partial charge in [-0.05, 0) is 43.0 Å². The highest BCUT2D eigenvalue weighted by molar-refractivity contribution is 7.89. The molecule has 2 aliphatic rings. The molecular weight excluding hydrogens is 381 g/mol. The third-order valence-electron chi connectivity index (χ3n) is 5.56. The van der Waals surface area contributed by atoms with Crippen molar-refractivity contribution < 1.29 is 17.6 Å². The van der Waals surface area contributed by atoms with Gasteiger partial charge in [-0.25, -0.2) is 12.8 Å². The van der Waals surface area contributed by atoms with Crippen LogP contribution in [0.1, 0.15) is 26.7 Å². The summed E-state index contributed by atoms with van der Waals surface area (Å²) in [6, 6.07) is 4.89. The fraction of sp³-hybridized carbons (Fsp3) is 0.650. The van der Waals surface area contributed by atoms with E-state index in [1.807, 2.05) is 4.90 Å². The van der Waals surface area contributed by atoms with E-state index in [1.54, 1.807) is 0 Å². The molecule has 28 heavy (non-hydrogen) atoms. The number of rotatable bonds is 5. The number of benzene rings is 1. The average molecular weight is 412 g/mol. The molecule has 8 heteroatoms. The van der Waals surface area contributed by atoms with E-state index in [1.165, 1.54) is 16.4 Å². The summed E-state index contributed by atoms with van der Waals surface area (Å²) < 4.78 is 39.9. The lowest BCUT2D eigenvalue weighted by Gasteiger charge is -2.38. The second kappa shape index (κ2) is 8.88. The maximum absolute atomic E-state index is 13.1. The number of carbonyl (C=O) groups excluding carboxylic acids is 1. The van der Waals surface area contributed by atoms with Gasteiger partial charge in [-0.1, -0.05) is 13.8 Å². The smallest absolute Gasteiger partial charge is 0.243 e. The number of nitrogens with zero attached hydrogens (tertiary/aromatic N) is 3. The molecule has 1 aromatic rings. The fourth-order valence-corrected chi connectivity index (χ4v) is 5.49. The molecule has 6 nitrogen and oxygen atoms in total. The Morgan fingerprint density at radius 3 is 2.14 bits per heavy atom. The molecule has 2 saturated heterocycles. The first-order valence-corrected chi connectivity index (χ1v) is 11.5. The van der Waals surface area contributed by atoms with E-state index in [-0.39, 0.29) is 16.7 Å². The van der Waals surface area contributed by atoms with Crippen LogP contribution in [-0.4, -0.2) is 74.2 Å². The molecule has 0 aromatic heterocycles. The number of carbonyl (C=O) groups is 1. The van der Waals surface area contributed by atoms with E-state index >= 15 is 0 Å². The fourth-order valence-electron chi connectivity index (χ4n) is 4.02. The number of hydrogen-bond donors (Lipinski definition) is 0. The topological polar surface area (TPSA) is 60.9 Å². The molecule has 1 aromatic carbocycles. The Morgan fingerprint density at radius 1 is 1.04 bits per heavy atom. The van der Waals surface area contributed by atoms with Gasteiger partial charge in [0.2, 0.25) is 15.9 Å². The van der Waals surface area contributed by atoms with Crippen molar-refractivity contribution in [2.24, 2.45) is 11.8 Å². The number of amides is 1. The lowest BCUT2D eigenvalue weighted by Crippen LogP contribution is -2.52. The summed E-state index contributed by atoms with van der Waals surface area (Å²) in [6.45, 7) is 9.41. The highest BCUT2D eigenvalue weighted by Crippen LogP contribution is 2.25. The maximum atomic E-state index is 13.1. The van der Waals surface area contributed by atoms with Crippen LogP contribution in [0.3, 0.4) is 0 Å². The second-order valence-electron chi connectivity index (χ2n) is 8.15. The highest BCUT2D eigenvalue weighted by atomic mass is 32.2. The minimum absolute atomic E-state index is 0.0972. The van der Waals surface area contributed by atoms with E-state index in [2.05, 4.69) is 18.7 Å². The van der Waals surface area contributed by atoms with Crippen molar-refractivity contribution in [2.45, 2.75) is 31.6 Å². The van der Waals surface area contributed by atoms with Gasteiger partial charge in [-0.3, -0.25) is 9.69 Å². The maximum Gasteiger partial charge on any atom is 0.243 e. The Hall–Kier alpha value is -1.51. The Labute approximate surface area is 167 Å². The van der Waals surface area contributed by atoms with Crippen molar-refractivity contribution in [1.29, 1.82) is 0 Å². The van der Waals surface area contributed by atoms with Crippen molar-refractivity contribution in [3.8, 4) is 0 Å². The third kappa shape index (κ3) is 4.90. The van der Waals surface area contributed by atoms with Crippen molar-refractivity contribution >= 4 is 15.9 Å². The van der Waals surface area contributed by atoms with Crippen LogP contribution in [0.15, 0.2) is 29.2 Å². The summed E-state index contributed by atoms with van der Waals surface area (Å²) in [6.07, 6.45) is 1.07. The van der Waals surface area contributed by atoms with Gasteiger partial charge in [0.15, 0.2) is 0 Å². The minimum atomic E-state index is -3.64. The molecule has 0 N–H and O–H groups in total. The summed E-state index contributed by atoms with van der Waals surface area (Å²) in [5.74, 6) is 0.200. The molecule has 0 aliphatic carbocycles. The van der Waals surface area contributed by atoms with Crippen LogP contribution < -0.4 is 0 Å². The summed E-state index contributed by atoms with van der Waals surface area (Å²) in [4.78, 5) is 17.3. The van der Waals surface area contributed by atoms with Gasteiger partial charge in [0.25, 0.3) is 0 Å². The lowest BCUT2D eigenvalue weighted by atomic mass is 9.96. The van der Waals surface area contributed by atoms with Gasteiger partial charge >= 0.3 is 0 Å². The predicted octanol–water partition coefficient (Wildman–Crippen LogP) is 2.03. The Morgan fingerprint density at radius 2 is 1.61 bits per heavy atom. The third-order valence-corrected chi connectivity index (χ3v) is 7.47.